The van der Waals surface area contributed by atoms with Crippen molar-refractivity contribution in [3.05, 3.63) is 0 Å². The van der Waals surface area contributed by atoms with E-state index in [0.29, 0.717) is 11.9 Å². The van der Waals surface area contributed by atoms with E-state index < -0.39 is 0 Å². The van der Waals surface area contributed by atoms with Crippen LogP contribution in [-0.4, -0.2) is 29.9 Å². The largest absolute Gasteiger partial charge is 0.282 e. The quantitative estimate of drug-likeness (QED) is 0.485. The average Bonchev–Trinajstić information content (AvgIpc) is 2.15. The molecule has 1 fully saturated rings. The molecular weight excluding hydrogens is 158 g/mol. The minimum Gasteiger partial charge on any atom is -0.282 e. The smallest absolute Gasteiger partial charge is 0.112 e. The lowest BCUT2D eigenvalue weighted by atomic mass is 10.2. The molecule has 0 aromatic rings. The van der Waals surface area contributed by atoms with Gasteiger partial charge in [0.15, 0.2) is 0 Å². The molecule has 1 aliphatic heterocycles. The summed E-state index contributed by atoms with van der Waals surface area (Å²) in [5.41, 5.74) is 6.73. The van der Waals surface area contributed by atoms with Crippen LogP contribution in [0.2, 0.25) is 0 Å². The third-order valence-corrected chi connectivity index (χ3v) is 2.42. The zero-order valence-electron chi connectivity index (χ0n) is 6.66. The predicted molar refractivity (Wildman–Crippen MR) is 48.2 cm³/mol. The van der Waals surface area contributed by atoms with Crippen molar-refractivity contribution in [3.63, 3.8) is 0 Å². The van der Waals surface area contributed by atoms with Gasteiger partial charge in [-0.2, -0.15) is 17.7 Å². The topological polar surface area (TPSA) is 39.5 Å². The van der Waals surface area contributed by atoms with Gasteiger partial charge in [-0.1, -0.05) is 6.42 Å². The minimum absolute atomic E-state index is 0.485. The minimum atomic E-state index is 0.485. The van der Waals surface area contributed by atoms with Crippen molar-refractivity contribution >= 4 is 12.6 Å². The lowest BCUT2D eigenvalue weighted by Gasteiger charge is -2.18. The molecule has 3 nitrogen and oxygen atoms in total. The SMILES string of the molecule is N=NCN1CCCCC(S)C1. The first-order valence-corrected chi connectivity index (χ1v) is 4.58. The molecule has 0 amide bonds. The van der Waals surface area contributed by atoms with Gasteiger partial charge in [-0.3, -0.25) is 4.90 Å². The van der Waals surface area contributed by atoms with E-state index in [0.717, 1.165) is 13.1 Å². The molecular formula is C7H15N3S. The second-order valence-electron chi connectivity index (χ2n) is 3.03. The van der Waals surface area contributed by atoms with Gasteiger partial charge in [0.05, 0.1) is 0 Å². The summed E-state index contributed by atoms with van der Waals surface area (Å²) < 4.78 is 0. The Labute approximate surface area is 73.1 Å². The van der Waals surface area contributed by atoms with Crippen molar-refractivity contribution in [1.29, 1.82) is 5.53 Å². The van der Waals surface area contributed by atoms with Crippen LogP contribution in [0.1, 0.15) is 19.3 Å². The summed E-state index contributed by atoms with van der Waals surface area (Å²) in [4.78, 5) is 2.19. The third kappa shape index (κ3) is 3.20. The Morgan fingerprint density at radius 1 is 1.55 bits per heavy atom. The van der Waals surface area contributed by atoms with E-state index in [1.54, 1.807) is 0 Å². The fourth-order valence-electron chi connectivity index (χ4n) is 1.42. The van der Waals surface area contributed by atoms with Gasteiger partial charge < -0.3 is 0 Å². The van der Waals surface area contributed by atoms with E-state index in [2.05, 4.69) is 22.6 Å². The van der Waals surface area contributed by atoms with Crippen LogP contribution in [0.3, 0.4) is 0 Å². The molecule has 0 aromatic carbocycles. The van der Waals surface area contributed by atoms with Gasteiger partial charge in [0.25, 0.3) is 0 Å². The van der Waals surface area contributed by atoms with Crippen LogP contribution < -0.4 is 0 Å². The molecule has 64 valence electrons. The van der Waals surface area contributed by atoms with E-state index in [4.69, 9.17) is 5.53 Å². The molecule has 0 aliphatic carbocycles. The van der Waals surface area contributed by atoms with Crippen molar-refractivity contribution in [2.75, 3.05) is 19.8 Å². The molecule has 0 bridgehead atoms. The van der Waals surface area contributed by atoms with Crippen LogP contribution in [0.15, 0.2) is 5.11 Å². The Bertz CT molecular complexity index is 129. The Kier molecular flexibility index (Phi) is 3.86. The molecule has 1 unspecified atom stereocenters. The summed E-state index contributed by atoms with van der Waals surface area (Å²) >= 11 is 4.44. The highest BCUT2D eigenvalue weighted by Crippen LogP contribution is 2.14. The number of nitrogens with zero attached hydrogens (tertiary/aromatic N) is 2. The molecule has 1 N–H and O–H groups in total. The Morgan fingerprint density at radius 3 is 3.09 bits per heavy atom. The first-order valence-electron chi connectivity index (χ1n) is 4.06. The lowest BCUT2D eigenvalue weighted by molar-refractivity contribution is 0.290. The summed E-state index contributed by atoms with van der Waals surface area (Å²) in [6, 6.07) is 0. The molecule has 1 heterocycles. The maximum Gasteiger partial charge on any atom is 0.112 e. The molecule has 1 rings (SSSR count). The van der Waals surface area contributed by atoms with Crippen LogP contribution >= 0.6 is 12.6 Å². The highest BCUT2D eigenvalue weighted by atomic mass is 32.1. The monoisotopic (exact) mass is 173 g/mol. The Morgan fingerprint density at radius 2 is 2.36 bits per heavy atom. The highest BCUT2D eigenvalue weighted by molar-refractivity contribution is 7.81. The molecule has 11 heavy (non-hydrogen) atoms. The van der Waals surface area contributed by atoms with Crippen LogP contribution in [-0.2, 0) is 0 Å². The third-order valence-electron chi connectivity index (χ3n) is 2.00. The molecule has 0 spiro atoms. The van der Waals surface area contributed by atoms with Gasteiger partial charge in [0.2, 0.25) is 0 Å². The molecule has 1 saturated heterocycles. The zero-order valence-corrected chi connectivity index (χ0v) is 7.56. The summed E-state index contributed by atoms with van der Waals surface area (Å²) in [5.74, 6) is 0. The molecule has 1 atom stereocenters. The first kappa shape index (κ1) is 9.00. The second kappa shape index (κ2) is 4.72. The molecule has 1 aliphatic rings. The Hall–Kier alpha value is -0.0900. The molecule has 0 radical (unpaired) electrons. The number of rotatable bonds is 2. The zero-order chi connectivity index (χ0) is 8.10. The van der Waals surface area contributed by atoms with Gasteiger partial charge in [-0.05, 0) is 19.4 Å². The van der Waals surface area contributed by atoms with E-state index in [1.807, 2.05) is 0 Å². The van der Waals surface area contributed by atoms with Crippen LogP contribution in [0.25, 0.3) is 0 Å². The number of likely N-dealkylation sites (tertiary alicyclic amines) is 1. The van der Waals surface area contributed by atoms with Crippen molar-refractivity contribution < 1.29 is 0 Å². The number of nitrogens with one attached hydrogen (secondary N) is 1. The number of hydrogen-bond acceptors (Lipinski definition) is 4. The maximum atomic E-state index is 6.73. The lowest BCUT2D eigenvalue weighted by Crippen LogP contribution is -2.28. The number of hydrogen-bond donors (Lipinski definition) is 2. The van der Waals surface area contributed by atoms with Gasteiger partial charge in [0, 0.05) is 11.8 Å². The van der Waals surface area contributed by atoms with Gasteiger partial charge in [-0.15, -0.1) is 0 Å². The molecule has 0 aromatic heterocycles. The highest BCUT2D eigenvalue weighted by Gasteiger charge is 2.13. The summed E-state index contributed by atoms with van der Waals surface area (Å²) in [6.45, 7) is 2.63. The standard InChI is InChI=1S/C7H15N3S/c8-9-6-10-4-2-1-3-7(11)5-10/h7-8,11H,1-6H2. The Balaban J connectivity index is 2.32. The van der Waals surface area contributed by atoms with Crippen LogP contribution in [0.4, 0.5) is 0 Å². The van der Waals surface area contributed by atoms with Gasteiger partial charge >= 0.3 is 0 Å². The normalized spacial score (nSPS) is 27.9. The van der Waals surface area contributed by atoms with E-state index in [-0.39, 0.29) is 0 Å². The molecule has 4 heteroatoms. The van der Waals surface area contributed by atoms with E-state index >= 15 is 0 Å². The average molecular weight is 173 g/mol. The summed E-state index contributed by atoms with van der Waals surface area (Å²) in [7, 11) is 0. The predicted octanol–water partition coefficient (Wildman–Crippen LogP) is 1.76. The van der Waals surface area contributed by atoms with Crippen molar-refractivity contribution in [3.8, 4) is 0 Å². The number of thiol groups is 1. The summed E-state index contributed by atoms with van der Waals surface area (Å²) in [6.07, 6.45) is 3.70. The van der Waals surface area contributed by atoms with Gasteiger partial charge in [0.1, 0.15) is 6.67 Å². The summed E-state index contributed by atoms with van der Waals surface area (Å²) in [5, 5.41) is 3.86. The molecule has 0 saturated carbocycles. The van der Waals surface area contributed by atoms with Crippen LogP contribution in [0, 0.1) is 5.53 Å². The van der Waals surface area contributed by atoms with E-state index in [1.165, 1.54) is 19.3 Å². The fourth-order valence-corrected chi connectivity index (χ4v) is 1.84. The fraction of sp³-hybridized carbons (Fsp3) is 1.00. The van der Waals surface area contributed by atoms with Gasteiger partial charge in [-0.25, -0.2) is 5.53 Å². The van der Waals surface area contributed by atoms with Crippen molar-refractivity contribution in [2.24, 2.45) is 5.11 Å². The van der Waals surface area contributed by atoms with Crippen molar-refractivity contribution in [2.45, 2.75) is 24.5 Å². The second-order valence-corrected chi connectivity index (χ2v) is 3.76. The maximum absolute atomic E-state index is 6.73. The van der Waals surface area contributed by atoms with Crippen molar-refractivity contribution in [1.82, 2.24) is 4.90 Å². The first-order chi connectivity index (χ1) is 5.33. The van der Waals surface area contributed by atoms with E-state index in [9.17, 15) is 0 Å². The van der Waals surface area contributed by atoms with Crippen LogP contribution in [0.5, 0.6) is 0 Å².